The van der Waals surface area contributed by atoms with E-state index in [-0.39, 0.29) is 0 Å². The molecule has 0 radical (unpaired) electrons. The summed E-state index contributed by atoms with van der Waals surface area (Å²) in [5.41, 5.74) is 9.46. The second-order valence-electron chi connectivity index (χ2n) is 5.21. The molecule has 0 aromatic heterocycles. The molecule has 17 heavy (non-hydrogen) atoms. The quantitative estimate of drug-likeness (QED) is 0.807. The molecule has 1 aromatic rings. The molecule has 2 nitrogen and oxygen atoms in total. The van der Waals surface area contributed by atoms with Crippen molar-refractivity contribution in [2.24, 2.45) is 5.92 Å². The van der Waals surface area contributed by atoms with Crippen molar-refractivity contribution in [3.63, 3.8) is 0 Å². The molecule has 0 bridgehead atoms. The van der Waals surface area contributed by atoms with Gasteiger partial charge in [-0.15, -0.1) is 0 Å². The number of nitrogens with zero attached hydrogens (tertiary/aromatic N) is 1. The monoisotopic (exact) mass is 232 g/mol. The first-order valence-electron chi connectivity index (χ1n) is 6.82. The van der Waals surface area contributed by atoms with Gasteiger partial charge in [-0.1, -0.05) is 25.8 Å². The highest BCUT2D eigenvalue weighted by Gasteiger charge is 2.19. The molecule has 1 aliphatic heterocycles. The zero-order chi connectivity index (χ0) is 12.3. The van der Waals surface area contributed by atoms with E-state index in [9.17, 15) is 0 Å². The third-order valence-corrected chi connectivity index (χ3v) is 4.00. The summed E-state index contributed by atoms with van der Waals surface area (Å²) >= 11 is 0. The standard InChI is InChI=1S/C15H24N2/c1-3-5-13-8-10-17(11-9-13)15-7-4-6-14(16)12(15)2/h4,6-7,13H,3,5,8-11,16H2,1-2H3. The van der Waals surface area contributed by atoms with Crippen molar-refractivity contribution in [1.29, 1.82) is 0 Å². The second-order valence-corrected chi connectivity index (χ2v) is 5.21. The molecule has 94 valence electrons. The first-order valence-corrected chi connectivity index (χ1v) is 6.82. The van der Waals surface area contributed by atoms with Gasteiger partial charge < -0.3 is 10.6 Å². The number of hydrogen-bond acceptors (Lipinski definition) is 2. The Labute approximate surface area is 105 Å². The molecular formula is C15H24N2. The third kappa shape index (κ3) is 2.74. The molecule has 0 amide bonds. The molecular weight excluding hydrogens is 208 g/mol. The van der Waals surface area contributed by atoms with Crippen LogP contribution in [0.25, 0.3) is 0 Å². The number of rotatable bonds is 3. The van der Waals surface area contributed by atoms with Crippen LogP contribution in [0.2, 0.25) is 0 Å². The van der Waals surface area contributed by atoms with Crippen molar-refractivity contribution in [2.45, 2.75) is 39.5 Å². The van der Waals surface area contributed by atoms with Crippen molar-refractivity contribution in [1.82, 2.24) is 0 Å². The van der Waals surface area contributed by atoms with Crippen LogP contribution >= 0.6 is 0 Å². The van der Waals surface area contributed by atoms with E-state index in [0.717, 1.165) is 11.6 Å². The van der Waals surface area contributed by atoms with Crippen LogP contribution in [0.3, 0.4) is 0 Å². The van der Waals surface area contributed by atoms with E-state index in [4.69, 9.17) is 5.73 Å². The average Bonchev–Trinajstić information content (AvgIpc) is 2.34. The fraction of sp³-hybridized carbons (Fsp3) is 0.600. The Kier molecular flexibility index (Phi) is 3.93. The fourth-order valence-corrected chi connectivity index (χ4v) is 2.85. The number of benzene rings is 1. The first-order chi connectivity index (χ1) is 8.22. The molecule has 0 atom stereocenters. The molecule has 1 aliphatic rings. The van der Waals surface area contributed by atoms with Crippen LogP contribution in [0, 0.1) is 12.8 Å². The van der Waals surface area contributed by atoms with Crippen LogP contribution in [0.4, 0.5) is 11.4 Å². The van der Waals surface area contributed by atoms with Gasteiger partial charge in [0.2, 0.25) is 0 Å². The van der Waals surface area contributed by atoms with Gasteiger partial charge in [0.15, 0.2) is 0 Å². The van der Waals surface area contributed by atoms with E-state index < -0.39 is 0 Å². The minimum absolute atomic E-state index is 0.915. The van der Waals surface area contributed by atoms with Crippen LogP contribution in [0.5, 0.6) is 0 Å². The molecule has 2 N–H and O–H groups in total. The van der Waals surface area contributed by atoms with Crippen molar-refractivity contribution >= 4 is 11.4 Å². The Balaban J connectivity index is 2.03. The van der Waals surface area contributed by atoms with Gasteiger partial charge in [0.1, 0.15) is 0 Å². The van der Waals surface area contributed by atoms with E-state index in [2.05, 4.69) is 30.9 Å². The minimum atomic E-state index is 0.915. The molecule has 1 heterocycles. The van der Waals surface area contributed by atoms with Gasteiger partial charge in [0, 0.05) is 24.5 Å². The summed E-state index contributed by atoms with van der Waals surface area (Å²) in [5, 5.41) is 0. The molecule has 1 fully saturated rings. The van der Waals surface area contributed by atoms with Crippen molar-refractivity contribution in [2.75, 3.05) is 23.7 Å². The SMILES string of the molecule is CCCC1CCN(c2cccc(N)c2C)CC1. The summed E-state index contributed by atoms with van der Waals surface area (Å²) in [7, 11) is 0. The zero-order valence-electron chi connectivity index (χ0n) is 11.1. The van der Waals surface area contributed by atoms with E-state index in [0.29, 0.717) is 0 Å². The van der Waals surface area contributed by atoms with E-state index in [1.165, 1.54) is 50.0 Å². The smallest absolute Gasteiger partial charge is 0.0416 e. The molecule has 0 saturated carbocycles. The Morgan fingerprint density at radius 1 is 1.29 bits per heavy atom. The Bertz CT molecular complexity index is 365. The van der Waals surface area contributed by atoms with Gasteiger partial charge in [-0.3, -0.25) is 0 Å². The summed E-state index contributed by atoms with van der Waals surface area (Å²) in [6, 6.07) is 6.25. The highest BCUT2D eigenvalue weighted by Crippen LogP contribution is 2.30. The van der Waals surface area contributed by atoms with E-state index >= 15 is 0 Å². The summed E-state index contributed by atoms with van der Waals surface area (Å²) < 4.78 is 0. The highest BCUT2D eigenvalue weighted by molar-refractivity contribution is 5.64. The zero-order valence-corrected chi connectivity index (χ0v) is 11.1. The lowest BCUT2D eigenvalue weighted by Gasteiger charge is -2.34. The number of nitrogens with two attached hydrogens (primary N) is 1. The maximum atomic E-state index is 5.98. The van der Waals surface area contributed by atoms with Crippen LogP contribution in [0.15, 0.2) is 18.2 Å². The Morgan fingerprint density at radius 3 is 2.65 bits per heavy atom. The van der Waals surface area contributed by atoms with Crippen molar-refractivity contribution in [3.05, 3.63) is 23.8 Å². The summed E-state index contributed by atoms with van der Waals surface area (Å²) in [4.78, 5) is 2.50. The van der Waals surface area contributed by atoms with Gasteiger partial charge >= 0.3 is 0 Å². The van der Waals surface area contributed by atoms with Crippen molar-refractivity contribution < 1.29 is 0 Å². The molecule has 2 rings (SSSR count). The largest absolute Gasteiger partial charge is 0.398 e. The van der Waals surface area contributed by atoms with Gasteiger partial charge in [-0.2, -0.15) is 0 Å². The predicted molar refractivity (Wildman–Crippen MR) is 75.4 cm³/mol. The van der Waals surface area contributed by atoms with Crippen molar-refractivity contribution in [3.8, 4) is 0 Å². The van der Waals surface area contributed by atoms with Crippen LogP contribution in [0.1, 0.15) is 38.2 Å². The summed E-state index contributed by atoms with van der Waals surface area (Å²) in [6.07, 6.45) is 5.38. The normalized spacial score (nSPS) is 17.4. The lowest BCUT2D eigenvalue weighted by Crippen LogP contribution is -2.34. The topological polar surface area (TPSA) is 29.3 Å². The summed E-state index contributed by atoms with van der Waals surface area (Å²) in [6.45, 7) is 6.79. The van der Waals surface area contributed by atoms with Gasteiger partial charge in [0.25, 0.3) is 0 Å². The predicted octanol–water partition coefficient (Wildman–Crippen LogP) is 3.59. The summed E-state index contributed by atoms with van der Waals surface area (Å²) in [5.74, 6) is 0.942. The van der Waals surface area contributed by atoms with Gasteiger partial charge in [-0.25, -0.2) is 0 Å². The Morgan fingerprint density at radius 2 is 2.00 bits per heavy atom. The molecule has 1 aromatic carbocycles. The Hall–Kier alpha value is -1.18. The van der Waals surface area contributed by atoms with E-state index in [1.54, 1.807) is 0 Å². The van der Waals surface area contributed by atoms with Crippen LogP contribution in [-0.4, -0.2) is 13.1 Å². The van der Waals surface area contributed by atoms with Crippen LogP contribution < -0.4 is 10.6 Å². The highest BCUT2D eigenvalue weighted by atomic mass is 15.1. The number of hydrogen-bond donors (Lipinski definition) is 1. The first kappa shape index (κ1) is 12.3. The van der Waals surface area contributed by atoms with E-state index in [1.807, 2.05) is 6.07 Å². The van der Waals surface area contributed by atoms with Crippen LogP contribution in [-0.2, 0) is 0 Å². The number of anilines is 2. The number of piperidine rings is 1. The third-order valence-electron chi connectivity index (χ3n) is 4.00. The molecule has 0 aliphatic carbocycles. The molecule has 0 unspecified atom stereocenters. The molecule has 0 spiro atoms. The average molecular weight is 232 g/mol. The minimum Gasteiger partial charge on any atom is -0.398 e. The number of nitrogen functional groups attached to an aromatic ring is 1. The maximum absolute atomic E-state index is 5.98. The fourth-order valence-electron chi connectivity index (χ4n) is 2.85. The lowest BCUT2D eigenvalue weighted by molar-refractivity contribution is 0.378. The van der Waals surface area contributed by atoms with Gasteiger partial charge in [0.05, 0.1) is 0 Å². The van der Waals surface area contributed by atoms with Gasteiger partial charge in [-0.05, 0) is 43.4 Å². The molecule has 1 saturated heterocycles. The second kappa shape index (κ2) is 5.44. The molecule has 2 heteroatoms. The lowest BCUT2D eigenvalue weighted by atomic mass is 9.92. The maximum Gasteiger partial charge on any atom is 0.0416 e.